The average molecular weight is 298 g/mol. The molecule has 21 heavy (non-hydrogen) atoms. The van der Waals surface area contributed by atoms with Crippen molar-refractivity contribution in [2.45, 2.75) is 39.7 Å². The van der Waals surface area contributed by atoms with Crippen molar-refractivity contribution in [1.82, 2.24) is 9.80 Å². The van der Waals surface area contributed by atoms with E-state index in [4.69, 9.17) is 4.74 Å². The van der Waals surface area contributed by atoms with E-state index in [0.717, 1.165) is 19.4 Å². The second kappa shape index (κ2) is 6.22. The normalized spacial score (nSPS) is 27.6. The van der Waals surface area contributed by atoms with E-state index in [1.165, 1.54) is 0 Å². The zero-order valence-corrected chi connectivity index (χ0v) is 13.2. The predicted molar refractivity (Wildman–Crippen MR) is 78.1 cm³/mol. The summed E-state index contributed by atoms with van der Waals surface area (Å²) in [6.45, 7) is 8.53. The van der Waals surface area contributed by atoms with Crippen LogP contribution in [-0.2, 0) is 9.53 Å². The Bertz CT molecular complexity index is 410. The van der Waals surface area contributed by atoms with Crippen LogP contribution in [0.5, 0.6) is 0 Å². The molecule has 2 amide bonds. The summed E-state index contributed by atoms with van der Waals surface area (Å²) in [7, 11) is 0. The monoisotopic (exact) mass is 298 g/mol. The molecule has 2 aliphatic rings. The number of aliphatic carboxylic acids is 1. The van der Waals surface area contributed by atoms with Crippen LogP contribution in [0.15, 0.2) is 0 Å². The fourth-order valence-electron chi connectivity index (χ4n) is 3.11. The highest BCUT2D eigenvalue weighted by Crippen LogP contribution is 2.34. The van der Waals surface area contributed by atoms with Gasteiger partial charge in [-0.05, 0) is 39.5 Å². The molecule has 2 saturated heterocycles. The molecule has 6 nitrogen and oxygen atoms in total. The van der Waals surface area contributed by atoms with Crippen LogP contribution in [0.4, 0.5) is 4.79 Å². The standard InChI is InChI=1S/C15H26N2O4/c1-11-9-17(7-8-21-11)14(20)16-6-4-5-12(10-16)15(2,3)13(18)19/h11-12H,4-10H2,1-3H3,(H,18,19). The molecule has 0 saturated carbocycles. The lowest BCUT2D eigenvalue weighted by atomic mass is 9.74. The van der Waals surface area contributed by atoms with Gasteiger partial charge in [0, 0.05) is 26.2 Å². The summed E-state index contributed by atoms with van der Waals surface area (Å²) in [4.78, 5) is 27.6. The summed E-state index contributed by atoms with van der Waals surface area (Å²) in [5.41, 5.74) is -0.794. The number of carboxylic acids is 1. The molecule has 0 aromatic heterocycles. The maximum Gasteiger partial charge on any atom is 0.320 e. The van der Waals surface area contributed by atoms with Gasteiger partial charge >= 0.3 is 12.0 Å². The molecule has 0 radical (unpaired) electrons. The van der Waals surface area contributed by atoms with Crippen molar-refractivity contribution < 1.29 is 19.4 Å². The first-order valence-electron chi connectivity index (χ1n) is 7.71. The molecule has 1 N–H and O–H groups in total. The SMILES string of the molecule is CC1CN(C(=O)N2CCCC(C(C)(C)C(=O)O)C2)CCO1. The first kappa shape index (κ1) is 16.1. The van der Waals surface area contributed by atoms with Crippen molar-refractivity contribution in [2.24, 2.45) is 11.3 Å². The first-order valence-corrected chi connectivity index (χ1v) is 7.71. The van der Waals surface area contributed by atoms with Crippen LogP contribution in [0.25, 0.3) is 0 Å². The van der Waals surface area contributed by atoms with Crippen LogP contribution in [0.2, 0.25) is 0 Å². The Morgan fingerprint density at radius 3 is 2.48 bits per heavy atom. The molecular weight excluding hydrogens is 272 g/mol. The fourth-order valence-corrected chi connectivity index (χ4v) is 3.11. The molecule has 2 aliphatic heterocycles. The third-order valence-corrected chi connectivity index (χ3v) is 4.78. The Hall–Kier alpha value is -1.30. The Balaban J connectivity index is 2.00. The predicted octanol–water partition coefficient (Wildman–Crippen LogP) is 1.65. The van der Waals surface area contributed by atoms with Gasteiger partial charge in [-0.2, -0.15) is 0 Å². The van der Waals surface area contributed by atoms with Crippen molar-refractivity contribution in [1.29, 1.82) is 0 Å². The second-order valence-corrected chi connectivity index (χ2v) is 6.72. The lowest BCUT2D eigenvalue weighted by molar-refractivity contribution is -0.151. The number of carbonyl (C=O) groups is 2. The lowest BCUT2D eigenvalue weighted by Gasteiger charge is -2.42. The van der Waals surface area contributed by atoms with Crippen molar-refractivity contribution in [2.75, 3.05) is 32.8 Å². The van der Waals surface area contributed by atoms with Crippen LogP contribution >= 0.6 is 0 Å². The van der Waals surface area contributed by atoms with Crippen LogP contribution in [0.1, 0.15) is 33.6 Å². The number of nitrogens with zero attached hydrogens (tertiary/aromatic N) is 2. The molecule has 2 atom stereocenters. The number of hydrogen-bond acceptors (Lipinski definition) is 3. The van der Waals surface area contributed by atoms with E-state index in [0.29, 0.717) is 26.2 Å². The van der Waals surface area contributed by atoms with Crippen LogP contribution < -0.4 is 0 Å². The summed E-state index contributed by atoms with van der Waals surface area (Å²) in [5.74, 6) is -0.784. The smallest absolute Gasteiger partial charge is 0.320 e. The first-order chi connectivity index (χ1) is 9.82. The Morgan fingerprint density at radius 1 is 1.19 bits per heavy atom. The third-order valence-electron chi connectivity index (χ3n) is 4.78. The molecule has 0 spiro atoms. The highest BCUT2D eigenvalue weighted by Gasteiger charge is 2.40. The number of rotatable bonds is 2. The lowest BCUT2D eigenvalue weighted by Crippen LogP contribution is -2.54. The number of likely N-dealkylation sites (tertiary alicyclic amines) is 1. The number of ether oxygens (including phenoxy) is 1. The van der Waals surface area contributed by atoms with Gasteiger partial charge in [-0.1, -0.05) is 0 Å². The summed E-state index contributed by atoms with van der Waals surface area (Å²) in [5, 5.41) is 9.37. The van der Waals surface area contributed by atoms with Gasteiger partial charge in [0.05, 0.1) is 18.1 Å². The van der Waals surface area contributed by atoms with Crippen molar-refractivity contribution in [3.8, 4) is 0 Å². The summed E-state index contributed by atoms with van der Waals surface area (Å²) < 4.78 is 5.46. The molecule has 0 aromatic carbocycles. The zero-order chi connectivity index (χ0) is 15.6. The number of carboxylic acid groups (broad SMARTS) is 1. The molecule has 2 heterocycles. The quantitative estimate of drug-likeness (QED) is 0.841. The van der Waals surface area contributed by atoms with Gasteiger partial charge in [0.15, 0.2) is 0 Å². The van der Waals surface area contributed by atoms with Gasteiger partial charge in [0.2, 0.25) is 0 Å². The Kier molecular flexibility index (Phi) is 4.76. The molecule has 0 aromatic rings. The van der Waals surface area contributed by atoms with Crippen molar-refractivity contribution in [3.05, 3.63) is 0 Å². The Labute approximate surface area is 126 Å². The second-order valence-electron chi connectivity index (χ2n) is 6.72. The number of amides is 2. The number of piperidine rings is 1. The summed E-state index contributed by atoms with van der Waals surface area (Å²) >= 11 is 0. The van der Waals surface area contributed by atoms with Gasteiger partial charge in [-0.15, -0.1) is 0 Å². The van der Waals surface area contributed by atoms with Crippen LogP contribution in [0.3, 0.4) is 0 Å². The highest BCUT2D eigenvalue weighted by molar-refractivity contribution is 5.76. The molecule has 120 valence electrons. The van der Waals surface area contributed by atoms with E-state index in [1.807, 2.05) is 16.7 Å². The van der Waals surface area contributed by atoms with E-state index < -0.39 is 11.4 Å². The minimum Gasteiger partial charge on any atom is -0.481 e. The molecular formula is C15H26N2O4. The Morgan fingerprint density at radius 2 is 1.86 bits per heavy atom. The van der Waals surface area contributed by atoms with E-state index in [1.54, 1.807) is 13.8 Å². The summed E-state index contributed by atoms with van der Waals surface area (Å²) in [6, 6.07) is 0.0241. The van der Waals surface area contributed by atoms with Crippen molar-refractivity contribution in [3.63, 3.8) is 0 Å². The zero-order valence-electron chi connectivity index (χ0n) is 13.2. The molecule has 6 heteroatoms. The van der Waals surface area contributed by atoms with Gasteiger partial charge in [0.1, 0.15) is 0 Å². The minimum atomic E-state index is -0.794. The van der Waals surface area contributed by atoms with Crippen LogP contribution in [-0.4, -0.2) is 65.8 Å². The number of carbonyl (C=O) groups excluding carboxylic acids is 1. The minimum absolute atomic E-state index is 0.00571. The van der Waals surface area contributed by atoms with E-state index >= 15 is 0 Å². The van der Waals surface area contributed by atoms with Gasteiger partial charge in [0.25, 0.3) is 0 Å². The van der Waals surface area contributed by atoms with Gasteiger partial charge < -0.3 is 19.6 Å². The highest BCUT2D eigenvalue weighted by atomic mass is 16.5. The number of urea groups is 1. The summed E-state index contributed by atoms with van der Waals surface area (Å²) in [6.07, 6.45) is 1.80. The fraction of sp³-hybridized carbons (Fsp3) is 0.867. The molecule has 2 unspecified atom stereocenters. The van der Waals surface area contributed by atoms with Gasteiger partial charge in [-0.25, -0.2) is 4.79 Å². The third kappa shape index (κ3) is 3.48. The number of morpholine rings is 1. The average Bonchev–Trinajstić information content (AvgIpc) is 2.46. The van der Waals surface area contributed by atoms with Crippen molar-refractivity contribution >= 4 is 12.0 Å². The van der Waals surface area contributed by atoms with E-state index in [-0.39, 0.29) is 18.1 Å². The maximum absolute atomic E-state index is 12.6. The van der Waals surface area contributed by atoms with Crippen LogP contribution in [0, 0.1) is 11.3 Å². The van der Waals surface area contributed by atoms with E-state index in [2.05, 4.69) is 0 Å². The number of hydrogen-bond donors (Lipinski definition) is 1. The molecule has 2 fully saturated rings. The molecule has 2 rings (SSSR count). The molecule has 0 aliphatic carbocycles. The largest absolute Gasteiger partial charge is 0.481 e. The van der Waals surface area contributed by atoms with E-state index in [9.17, 15) is 14.7 Å². The molecule has 0 bridgehead atoms. The maximum atomic E-state index is 12.6. The topological polar surface area (TPSA) is 70.1 Å². The van der Waals surface area contributed by atoms with Gasteiger partial charge in [-0.3, -0.25) is 4.79 Å².